The Bertz CT molecular complexity index is 584. The van der Waals surface area contributed by atoms with E-state index >= 15 is 0 Å². The van der Waals surface area contributed by atoms with E-state index in [9.17, 15) is 9.59 Å². The smallest absolute Gasteiger partial charge is 0.246 e. The van der Waals surface area contributed by atoms with E-state index in [1.165, 1.54) is 0 Å². The number of benzene rings is 1. The third-order valence-electron chi connectivity index (χ3n) is 3.65. The molecule has 0 radical (unpaired) electrons. The number of carbonyl (C=O) groups is 2. The van der Waals surface area contributed by atoms with E-state index in [0.717, 1.165) is 5.56 Å². The van der Waals surface area contributed by atoms with Crippen LogP contribution in [0.2, 0.25) is 5.02 Å². The molecule has 1 saturated heterocycles. The molecule has 1 aliphatic heterocycles. The Kier molecular flexibility index (Phi) is 6.19. The molecule has 1 aromatic rings. The quantitative estimate of drug-likeness (QED) is 0.768. The summed E-state index contributed by atoms with van der Waals surface area (Å²) in [4.78, 5) is 29.6. The molecular weight excluding hydrogens is 314 g/mol. The van der Waals surface area contributed by atoms with E-state index in [-0.39, 0.29) is 18.4 Å². The lowest BCUT2D eigenvalue weighted by Crippen LogP contribution is -2.51. The zero-order valence-electron chi connectivity index (χ0n) is 13.5. The molecule has 2 rings (SSSR count). The Morgan fingerprint density at radius 2 is 1.96 bits per heavy atom. The molecule has 23 heavy (non-hydrogen) atoms. The molecule has 0 aromatic heterocycles. The van der Waals surface area contributed by atoms with Crippen LogP contribution >= 0.6 is 11.6 Å². The molecule has 1 aromatic carbocycles. The van der Waals surface area contributed by atoms with Crippen molar-refractivity contribution >= 4 is 23.4 Å². The minimum absolute atomic E-state index is 0.0273. The van der Waals surface area contributed by atoms with Crippen LogP contribution in [-0.4, -0.2) is 66.8 Å². The molecule has 0 unspecified atom stereocenters. The summed E-state index contributed by atoms with van der Waals surface area (Å²) in [5.74, 6) is -0.132. The minimum atomic E-state index is -0.105. The Labute approximate surface area is 142 Å². The van der Waals surface area contributed by atoms with Crippen LogP contribution in [0.1, 0.15) is 5.56 Å². The third kappa shape index (κ3) is 5.37. The van der Waals surface area contributed by atoms with Crippen LogP contribution in [0.4, 0.5) is 0 Å². The maximum Gasteiger partial charge on any atom is 0.246 e. The van der Waals surface area contributed by atoms with Crippen molar-refractivity contribution < 1.29 is 9.59 Å². The molecule has 2 amide bonds. The van der Waals surface area contributed by atoms with Crippen molar-refractivity contribution in [2.45, 2.75) is 6.54 Å². The molecule has 0 saturated carbocycles. The largest absolute Gasteiger partial charge is 0.335 e. The average molecular weight is 336 g/mol. The maximum absolute atomic E-state index is 12.2. The van der Waals surface area contributed by atoms with Gasteiger partial charge in [0.15, 0.2) is 0 Å². The first-order chi connectivity index (χ1) is 11.0. The summed E-state index contributed by atoms with van der Waals surface area (Å²) in [5, 5.41) is 0.681. The number of hydrogen-bond donors (Lipinski definition) is 0. The first-order valence-electron chi connectivity index (χ1n) is 7.58. The number of hydrogen-bond acceptors (Lipinski definition) is 3. The van der Waals surface area contributed by atoms with E-state index in [2.05, 4.69) is 0 Å². The lowest BCUT2D eigenvalue weighted by atomic mass is 10.2. The molecule has 1 fully saturated rings. The van der Waals surface area contributed by atoms with Gasteiger partial charge in [0.05, 0.1) is 0 Å². The van der Waals surface area contributed by atoms with E-state index in [4.69, 9.17) is 11.6 Å². The van der Waals surface area contributed by atoms with E-state index < -0.39 is 0 Å². The highest BCUT2D eigenvalue weighted by atomic mass is 35.5. The van der Waals surface area contributed by atoms with Gasteiger partial charge in [-0.05, 0) is 31.8 Å². The number of piperazine rings is 1. The highest BCUT2D eigenvalue weighted by molar-refractivity contribution is 6.30. The summed E-state index contributed by atoms with van der Waals surface area (Å²) in [5.41, 5.74) is 1.04. The average Bonchev–Trinajstić information content (AvgIpc) is 2.51. The van der Waals surface area contributed by atoms with Crippen LogP contribution in [0.5, 0.6) is 0 Å². The number of carbonyl (C=O) groups excluding carboxylic acids is 2. The van der Waals surface area contributed by atoms with Crippen molar-refractivity contribution in [1.29, 1.82) is 0 Å². The van der Waals surface area contributed by atoms with Gasteiger partial charge in [0, 0.05) is 37.3 Å². The molecule has 0 bridgehead atoms. The second kappa shape index (κ2) is 8.13. The lowest BCUT2D eigenvalue weighted by molar-refractivity contribution is -0.143. The van der Waals surface area contributed by atoms with Crippen LogP contribution in [0.3, 0.4) is 0 Å². The lowest BCUT2D eigenvalue weighted by Gasteiger charge is -2.34. The van der Waals surface area contributed by atoms with Crippen LogP contribution in [-0.2, 0) is 16.1 Å². The van der Waals surface area contributed by atoms with Gasteiger partial charge in [-0.25, -0.2) is 0 Å². The predicted molar refractivity (Wildman–Crippen MR) is 91.1 cm³/mol. The fourth-order valence-corrected chi connectivity index (χ4v) is 2.47. The van der Waals surface area contributed by atoms with Gasteiger partial charge in [0.25, 0.3) is 0 Å². The maximum atomic E-state index is 12.2. The molecule has 0 atom stereocenters. The van der Waals surface area contributed by atoms with Crippen LogP contribution < -0.4 is 0 Å². The van der Waals surface area contributed by atoms with Gasteiger partial charge < -0.3 is 14.7 Å². The van der Waals surface area contributed by atoms with Crippen LogP contribution in [0.15, 0.2) is 36.4 Å². The Morgan fingerprint density at radius 1 is 1.26 bits per heavy atom. The first-order valence-corrected chi connectivity index (χ1v) is 7.96. The molecule has 0 spiro atoms. The summed E-state index contributed by atoms with van der Waals surface area (Å²) >= 11 is 5.86. The van der Waals surface area contributed by atoms with Crippen molar-refractivity contribution in [3.05, 3.63) is 47.0 Å². The third-order valence-corrected chi connectivity index (χ3v) is 3.90. The fourth-order valence-electron chi connectivity index (χ4n) is 2.34. The van der Waals surface area contributed by atoms with E-state index in [0.29, 0.717) is 31.2 Å². The number of likely N-dealkylation sites (N-methyl/N-ethyl adjacent to an activating group) is 1. The van der Waals surface area contributed by atoms with Crippen molar-refractivity contribution in [1.82, 2.24) is 14.7 Å². The Morgan fingerprint density at radius 3 is 2.57 bits per heavy atom. The molecular formula is C17H22ClN3O2. The number of halogens is 1. The van der Waals surface area contributed by atoms with Gasteiger partial charge in [0.1, 0.15) is 6.54 Å². The molecule has 1 heterocycles. The van der Waals surface area contributed by atoms with E-state index in [1.807, 2.05) is 49.3 Å². The van der Waals surface area contributed by atoms with Crippen molar-refractivity contribution in [3.63, 3.8) is 0 Å². The molecule has 6 heteroatoms. The second-order valence-electron chi connectivity index (χ2n) is 5.87. The van der Waals surface area contributed by atoms with Gasteiger partial charge in [-0.1, -0.05) is 29.8 Å². The topological polar surface area (TPSA) is 43.9 Å². The zero-order valence-corrected chi connectivity index (χ0v) is 14.3. The van der Waals surface area contributed by atoms with Gasteiger partial charge in [0.2, 0.25) is 11.8 Å². The summed E-state index contributed by atoms with van der Waals surface area (Å²) in [7, 11) is 3.88. The number of amides is 2. The molecule has 124 valence electrons. The summed E-state index contributed by atoms with van der Waals surface area (Å²) in [6.45, 7) is 2.50. The van der Waals surface area contributed by atoms with Gasteiger partial charge >= 0.3 is 0 Å². The van der Waals surface area contributed by atoms with Crippen LogP contribution in [0, 0.1) is 0 Å². The fraction of sp³-hybridized carbons (Fsp3) is 0.412. The SMILES string of the molecule is CN(C)C/C=C/C(=O)N1CCN(Cc2ccc(Cl)cc2)C(=O)C1. The summed E-state index contributed by atoms with van der Waals surface area (Å²) < 4.78 is 0. The molecule has 0 N–H and O–H groups in total. The molecule has 5 nitrogen and oxygen atoms in total. The van der Waals surface area contributed by atoms with Crippen LogP contribution in [0.25, 0.3) is 0 Å². The van der Waals surface area contributed by atoms with Crippen molar-refractivity contribution in [3.8, 4) is 0 Å². The zero-order chi connectivity index (χ0) is 16.8. The monoisotopic (exact) mass is 335 g/mol. The first kappa shape index (κ1) is 17.5. The Balaban J connectivity index is 1.87. The van der Waals surface area contributed by atoms with Gasteiger partial charge in [-0.15, -0.1) is 0 Å². The van der Waals surface area contributed by atoms with Gasteiger partial charge in [-0.3, -0.25) is 9.59 Å². The molecule has 1 aliphatic rings. The summed E-state index contributed by atoms with van der Waals surface area (Å²) in [6, 6.07) is 7.46. The van der Waals surface area contributed by atoms with E-state index in [1.54, 1.807) is 15.9 Å². The number of nitrogens with zero attached hydrogens (tertiary/aromatic N) is 3. The second-order valence-corrected chi connectivity index (χ2v) is 6.30. The molecule has 0 aliphatic carbocycles. The van der Waals surface area contributed by atoms with Crippen molar-refractivity contribution in [2.24, 2.45) is 0 Å². The highest BCUT2D eigenvalue weighted by Gasteiger charge is 2.25. The van der Waals surface area contributed by atoms with Gasteiger partial charge in [-0.2, -0.15) is 0 Å². The predicted octanol–water partition coefficient (Wildman–Crippen LogP) is 1.63. The summed E-state index contributed by atoms with van der Waals surface area (Å²) in [6.07, 6.45) is 3.36. The van der Waals surface area contributed by atoms with Crippen molar-refractivity contribution in [2.75, 3.05) is 40.3 Å². The Hall–Kier alpha value is -1.85. The standard InChI is InChI=1S/C17H22ClN3O2/c1-19(2)9-3-4-16(22)21-11-10-20(17(23)13-21)12-14-5-7-15(18)8-6-14/h3-8H,9-13H2,1-2H3/b4-3+. The highest BCUT2D eigenvalue weighted by Crippen LogP contribution is 2.13. The minimum Gasteiger partial charge on any atom is -0.335 e. The number of rotatable bonds is 5. The normalized spacial score (nSPS) is 15.7.